The Kier molecular flexibility index (Phi) is 4.58. The minimum atomic E-state index is -0.346. The molecule has 2 aromatic carbocycles. The van der Waals surface area contributed by atoms with Crippen LogP contribution in [0.25, 0.3) is 5.69 Å². The van der Waals surface area contributed by atoms with E-state index in [4.69, 9.17) is 4.74 Å². The molecule has 1 atom stereocenters. The monoisotopic (exact) mass is 367 g/mol. The summed E-state index contributed by atoms with van der Waals surface area (Å²) in [6, 6.07) is 14.5. The Balaban J connectivity index is 1.62. The number of aromatic nitrogens is 2. The van der Waals surface area contributed by atoms with Crippen LogP contribution in [0.2, 0.25) is 0 Å². The molecule has 140 valence electrons. The number of rotatable bonds is 4. The molecule has 1 aliphatic rings. The van der Waals surface area contributed by atoms with Crippen LogP contribution in [0.5, 0.6) is 5.75 Å². The van der Waals surface area contributed by atoms with Crippen molar-refractivity contribution in [2.75, 3.05) is 6.61 Å². The van der Waals surface area contributed by atoms with Crippen LogP contribution in [0.1, 0.15) is 29.3 Å². The minimum absolute atomic E-state index is 0.0415. The van der Waals surface area contributed by atoms with Gasteiger partial charge in [0.25, 0.3) is 5.56 Å². The maximum atomic E-state index is 14.0. The average Bonchev–Trinajstić information content (AvgIpc) is 2.90. The molecule has 1 aliphatic heterocycles. The lowest BCUT2D eigenvalue weighted by molar-refractivity contribution is 0.240. The van der Waals surface area contributed by atoms with E-state index in [1.165, 1.54) is 6.07 Å². The second-order valence-electron chi connectivity index (χ2n) is 6.77. The van der Waals surface area contributed by atoms with Crippen molar-refractivity contribution in [2.24, 2.45) is 7.05 Å². The average molecular weight is 367 g/mol. The van der Waals surface area contributed by atoms with Gasteiger partial charge >= 0.3 is 0 Å². The molecule has 0 radical (unpaired) electrons. The predicted octanol–water partition coefficient (Wildman–Crippen LogP) is 3.24. The smallest absolute Gasteiger partial charge is 0.276 e. The molecular formula is C21H22FN3O2. The van der Waals surface area contributed by atoms with E-state index in [-0.39, 0.29) is 17.4 Å². The van der Waals surface area contributed by atoms with Gasteiger partial charge in [-0.05, 0) is 25.1 Å². The first-order valence-electron chi connectivity index (χ1n) is 9.05. The van der Waals surface area contributed by atoms with Crippen molar-refractivity contribution < 1.29 is 9.13 Å². The van der Waals surface area contributed by atoms with E-state index in [0.717, 1.165) is 23.4 Å². The summed E-state index contributed by atoms with van der Waals surface area (Å²) >= 11 is 0. The highest BCUT2D eigenvalue weighted by atomic mass is 19.1. The number of nitrogens with one attached hydrogen (secondary N) is 1. The highest BCUT2D eigenvalue weighted by Crippen LogP contribution is 2.34. The summed E-state index contributed by atoms with van der Waals surface area (Å²) in [5.74, 6) is -0.0333. The van der Waals surface area contributed by atoms with Crippen molar-refractivity contribution >= 4 is 0 Å². The maximum absolute atomic E-state index is 14.0. The molecule has 0 fully saturated rings. The Morgan fingerprint density at radius 3 is 2.74 bits per heavy atom. The standard InChI is InChI=1S/C21H22FN3O2/c1-14-17(21(26)25(24(14)2)15-7-4-3-5-8-15)13-23-19-11-12-27-20-16(19)9-6-10-18(20)22/h3-10,19,23H,11-13H2,1-2H3/t19-/m0/s1. The van der Waals surface area contributed by atoms with E-state index in [1.807, 2.05) is 55.1 Å². The molecule has 2 heterocycles. The number of benzene rings is 2. The first-order valence-corrected chi connectivity index (χ1v) is 9.05. The molecule has 0 amide bonds. The normalized spacial score (nSPS) is 16.0. The van der Waals surface area contributed by atoms with Crippen LogP contribution in [0.3, 0.4) is 0 Å². The third kappa shape index (κ3) is 3.06. The minimum Gasteiger partial charge on any atom is -0.490 e. The fourth-order valence-corrected chi connectivity index (χ4v) is 3.65. The Morgan fingerprint density at radius 1 is 1.19 bits per heavy atom. The van der Waals surface area contributed by atoms with E-state index in [1.54, 1.807) is 10.7 Å². The molecule has 0 aliphatic carbocycles. The second-order valence-corrected chi connectivity index (χ2v) is 6.77. The lowest BCUT2D eigenvalue weighted by atomic mass is 10.00. The zero-order valence-electron chi connectivity index (χ0n) is 15.4. The molecule has 5 nitrogen and oxygen atoms in total. The second kappa shape index (κ2) is 7.04. The van der Waals surface area contributed by atoms with Crippen molar-refractivity contribution in [1.82, 2.24) is 14.7 Å². The van der Waals surface area contributed by atoms with Gasteiger partial charge in [0.05, 0.1) is 17.9 Å². The van der Waals surface area contributed by atoms with Crippen LogP contribution < -0.4 is 15.6 Å². The van der Waals surface area contributed by atoms with Gasteiger partial charge in [0, 0.05) is 37.3 Å². The third-order valence-corrected chi connectivity index (χ3v) is 5.22. The number of hydrogen-bond acceptors (Lipinski definition) is 3. The summed E-state index contributed by atoms with van der Waals surface area (Å²) in [5, 5.41) is 3.42. The van der Waals surface area contributed by atoms with E-state index >= 15 is 0 Å². The van der Waals surface area contributed by atoms with Crippen molar-refractivity contribution in [3.05, 3.63) is 81.5 Å². The Hall–Kier alpha value is -2.86. The van der Waals surface area contributed by atoms with Gasteiger partial charge < -0.3 is 10.1 Å². The van der Waals surface area contributed by atoms with Gasteiger partial charge in [0.15, 0.2) is 11.6 Å². The van der Waals surface area contributed by atoms with Crippen LogP contribution in [0.15, 0.2) is 53.3 Å². The zero-order valence-corrected chi connectivity index (χ0v) is 15.4. The molecule has 6 heteroatoms. The molecule has 0 saturated carbocycles. The van der Waals surface area contributed by atoms with Gasteiger partial charge in [-0.15, -0.1) is 0 Å². The van der Waals surface area contributed by atoms with Crippen LogP contribution in [-0.2, 0) is 13.6 Å². The van der Waals surface area contributed by atoms with E-state index in [0.29, 0.717) is 24.5 Å². The fraction of sp³-hybridized carbons (Fsp3) is 0.286. The lowest BCUT2D eigenvalue weighted by Crippen LogP contribution is -2.29. The van der Waals surface area contributed by atoms with Gasteiger partial charge in [-0.1, -0.05) is 30.3 Å². The number of para-hydroxylation sites is 2. The molecule has 1 aromatic heterocycles. The van der Waals surface area contributed by atoms with Crippen molar-refractivity contribution in [3.63, 3.8) is 0 Å². The Labute approximate surface area is 157 Å². The molecule has 0 spiro atoms. The Bertz CT molecular complexity index is 1020. The molecule has 0 bridgehead atoms. The van der Waals surface area contributed by atoms with Crippen LogP contribution in [-0.4, -0.2) is 16.0 Å². The number of nitrogens with zero attached hydrogens (tertiary/aromatic N) is 2. The summed E-state index contributed by atoms with van der Waals surface area (Å²) in [6.45, 7) is 2.81. The van der Waals surface area contributed by atoms with Crippen LogP contribution in [0, 0.1) is 12.7 Å². The van der Waals surface area contributed by atoms with Crippen molar-refractivity contribution in [3.8, 4) is 11.4 Å². The summed E-state index contributed by atoms with van der Waals surface area (Å²) in [4.78, 5) is 13.0. The maximum Gasteiger partial charge on any atom is 0.276 e. The van der Waals surface area contributed by atoms with E-state index in [9.17, 15) is 9.18 Å². The predicted molar refractivity (Wildman–Crippen MR) is 102 cm³/mol. The molecule has 1 N–H and O–H groups in total. The first-order chi connectivity index (χ1) is 13.1. The molecule has 4 rings (SSSR count). The largest absolute Gasteiger partial charge is 0.490 e. The summed E-state index contributed by atoms with van der Waals surface area (Å²) in [5.41, 5.74) is 3.21. The van der Waals surface area contributed by atoms with Gasteiger partial charge in [0.2, 0.25) is 0 Å². The summed E-state index contributed by atoms with van der Waals surface area (Å²) in [7, 11) is 1.88. The number of hydrogen-bond donors (Lipinski definition) is 1. The van der Waals surface area contributed by atoms with E-state index in [2.05, 4.69) is 5.32 Å². The Morgan fingerprint density at radius 2 is 1.96 bits per heavy atom. The summed E-state index contributed by atoms with van der Waals surface area (Å²) in [6.07, 6.45) is 0.731. The van der Waals surface area contributed by atoms with Crippen LogP contribution in [0.4, 0.5) is 4.39 Å². The zero-order chi connectivity index (χ0) is 19.0. The molecule has 0 unspecified atom stereocenters. The highest BCUT2D eigenvalue weighted by molar-refractivity contribution is 5.39. The number of halogens is 1. The van der Waals surface area contributed by atoms with Gasteiger partial charge in [-0.3, -0.25) is 9.48 Å². The first kappa shape index (κ1) is 17.5. The molecule has 27 heavy (non-hydrogen) atoms. The van der Waals surface area contributed by atoms with E-state index < -0.39 is 0 Å². The lowest BCUT2D eigenvalue weighted by Gasteiger charge is -2.27. The molecule has 0 saturated heterocycles. The summed E-state index contributed by atoms with van der Waals surface area (Å²) < 4.78 is 23.0. The van der Waals surface area contributed by atoms with Crippen molar-refractivity contribution in [2.45, 2.75) is 25.9 Å². The number of fused-ring (bicyclic) bond motifs is 1. The van der Waals surface area contributed by atoms with Gasteiger partial charge in [0.1, 0.15) is 0 Å². The molecule has 3 aromatic rings. The SMILES string of the molecule is Cc1c(CN[C@H]2CCOc3c(F)cccc32)c(=O)n(-c2ccccc2)n1C. The topological polar surface area (TPSA) is 48.2 Å². The van der Waals surface area contributed by atoms with Crippen LogP contribution >= 0.6 is 0 Å². The third-order valence-electron chi connectivity index (χ3n) is 5.22. The van der Waals surface area contributed by atoms with Gasteiger partial charge in [-0.25, -0.2) is 9.07 Å². The van der Waals surface area contributed by atoms with Crippen molar-refractivity contribution in [1.29, 1.82) is 0 Å². The molecular weight excluding hydrogens is 345 g/mol. The van der Waals surface area contributed by atoms with Gasteiger partial charge in [-0.2, -0.15) is 0 Å². The number of ether oxygens (including phenoxy) is 1. The quantitative estimate of drug-likeness (QED) is 0.770. The highest BCUT2D eigenvalue weighted by Gasteiger charge is 2.25. The fourth-order valence-electron chi connectivity index (χ4n) is 3.65.